The molecule has 0 aliphatic carbocycles. The highest BCUT2D eigenvalue weighted by molar-refractivity contribution is 6.46. The van der Waals surface area contributed by atoms with Gasteiger partial charge >= 0.3 is 0 Å². The maximum absolute atomic E-state index is 13.2. The zero-order chi connectivity index (χ0) is 30.3. The van der Waals surface area contributed by atoms with Crippen molar-refractivity contribution in [1.82, 2.24) is 4.90 Å². The van der Waals surface area contributed by atoms with Gasteiger partial charge in [-0.15, -0.1) is 0 Å². The lowest BCUT2D eigenvalue weighted by Gasteiger charge is -2.25. The number of benzene rings is 2. The summed E-state index contributed by atoms with van der Waals surface area (Å²) in [6.07, 6.45) is 16.9. The maximum Gasteiger partial charge on any atom is 0.295 e. The van der Waals surface area contributed by atoms with E-state index in [0.717, 1.165) is 19.3 Å². The first-order valence-corrected chi connectivity index (χ1v) is 15.6. The van der Waals surface area contributed by atoms with Crippen LogP contribution < -0.4 is 4.74 Å². The Bertz CT molecular complexity index is 1210. The number of nitro benzene ring substituents is 1. The molecule has 1 atom stereocenters. The van der Waals surface area contributed by atoms with Gasteiger partial charge in [-0.3, -0.25) is 19.7 Å². The molecule has 0 bridgehead atoms. The molecule has 0 spiro atoms. The lowest BCUT2D eigenvalue weighted by molar-refractivity contribution is -0.384. The Kier molecular flexibility index (Phi) is 13.5. The van der Waals surface area contributed by atoms with E-state index < -0.39 is 22.7 Å². The van der Waals surface area contributed by atoms with Gasteiger partial charge < -0.3 is 14.7 Å². The first kappa shape index (κ1) is 32.8. The second-order valence-electron chi connectivity index (χ2n) is 11.2. The second-order valence-corrected chi connectivity index (χ2v) is 11.2. The Hall–Kier alpha value is -3.68. The highest BCUT2D eigenvalue weighted by atomic mass is 16.6. The summed E-state index contributed by atoms with van der Waals surface area (Å²) in [6.45, 7) is 2.57. The van der Waals surface area contributed by atoms with Gasteiger partial charge in [-0.25, -0.2) is 0 Å². The molecule has 228 valence electrons. The Balaban J connectivity index is 1.61. The number of carbonyl (C=O) groups is 2. The third-order valence-corrected chi connectivity index (χ3v) is 8.05. The Morgan fingerprint density at radius 1 is 0.857 bits per heavy atom. The standard InChI is InChI=1S/C34H46N2O6/c1-3-4-5-6-7-8-9-10-11-12-13-14-15-16-24-35-31(27-18-17-19-28(25-27)36(40)41)30(33(38)34(35)39)32(37)26-20-22-29(42-2)23-21-26/h17-23,25,31,37H,3-16,24H2,1-2H3. The molecule has 42 heavy (non-hydrogen) atoms. The summed E-state index contributed by atoms with van der Waals surface area (Å²) < 4.78 is 5.18. The molecule has 2 aromatic rings. The van der Waals surface area contributed by atoms with Crippen molar-refractivity contribution in [3.63, 3.8) is 0 Å². The van der Waals surface area contributed by atoms with Crippen LogP contribution in [0.15, 0.2) is 54.1 Å². The zero-order valence-corrected chi connectivity index (χ0v) is 25.2. The van der Waals surface area contributed by atoms with E-state index in [1.165, 1.54) is 94.4 Å². The number of methoxy groups -OCH3 is 1. The minimum absolute atomic E-state index is 0.0592. The summed E-state index contributed by atoms with van der Waals surface area (Å²) in [5.41, 5.74) is 0.583. The van der Waals surface area contributed by atoms with E-state index in [1.54, 1.807) is 30.3 Å². The van der Waals surface area contributed by atoms with E-state index >= 15 is 0 Å². The fraction of sp³-hybridized carbons (Fsp3) is 0.529. The lowest BCUT2D eigenvalue weighted by Crippen LogP contribution is -2.30. The summed E-state index contributed by atoms with van der Waals surface area (Å²) in [4.78, 5) is 38.9. The number of aliphatic hydroxyl groups excluding tert-OH is 1. The van der Waals surface area contributed by atoms with Gasteiger partial charge in [0.2, 0.25) is 0 Å². The van der Waals surface area contributed by atoms with Crippen molar-refractivity contribution in [2.24, 2.45) is 0 Å². The minimum Gasteiger partial charge on any atom is -0.507 e. The molecule has 1 amide bonds. The number of nitro groups is 1. The number of rotatable bonds is 19. The van der Waals surface area contributed by atoms with E-state index in [4.69, 9.17) is 4.74 Å². The summed E-state index contributed by atoms with van der Waals surface area (Å²) in [6, 6.07) is 11.6. The maximum atomic E-state index is 13.2. The van der Waals surface area contributed by atoms with Crippen LogP contribution >= 0.6 is 0 Å². The molecule has 0 saturated carbocycles. The molecular formula is C34H46N2O6. The van der Waals surface area contributed by atoms with Crippen molar-refractivity contribution in [1.29, 1.82) is 0 Å². The molecule has 1 aliphatic heterocycles. The number of nitrogens with zero attached hydrogens (tertiary/aromatic N) is 2. The van der Waals surface area contributed by atoms with Crippen LogP contribution in [0, 0.1) is 10.1 Å². The van der Waals surface area contributed by atoms with Gasteiger partial charge in [0.15, 0.2) is 0 Å². The van der Waals surface area contributed by atoms with E-state index in [9.17, 15) is 24.8 Å². The van der Waals surface area contributed by atoms with Gasteiger partial charge in [0, 0.05) is 24.2 Å². The van der Waals surface area contributed by atoms with Gasteiger partial charge in [0.1, 0.15) is 11.5 Å². The van der Waals surface area contributed by atoms with Crippen LogP contribution in [0.2, 0.25) is 0 Å². The van der Waals surface area contributed by atoms with Crippen molar-refractivity contribution >= 4 is 23.1 Å². The third kappa shape index (κ3) is 9.16. The normalized spacial score (nSPS) is 16.2. The second kappa shape index (κ2) is 17.3. The Labute approximate surface area is 249 Å². The molecule has 0 radical (unpaired) electrons. The molecule has 8 nitrogen and oxygen atoms in total. The molecule has 1 N–H and O–H groups in total. The highest BCUT2D eigenvalue weighted by Gasteiger charge is 2.46. The van der Waals surface area contributed by atoms with Crippen molar-refractivity contribution in [3.05, 3.63) is 75.3 Å². The molecule has 2 aromatic carbocycles. The van der Waals surface area contributed by atoms with E-state index in [1.807, 2.05) is 0 Å². The van der Waals surface area contributed by atoms with Crippen LogP contribution in [0.1, 0.15) is 114 Å². The van der Waals surface area contributed by atoms with Crippen molar-refractivity contribution < 1.29 is 24.4 Å². The van der Waals surface area contributed by atoms with Crippen molar-refractivity contribution in [2.45, 2.75) is 103 Å². The van der Waals surface area contributed by atoms with Crippen LogP contribution in [0.4, 0.5) is 5.69 Å². The van der Waals surface area contributed by atoms with Gasteiger partial charge in [-0.2, -0.15) is 0 Å². The summed E-state index contributed by atoms with van der Waals surface area (Å²) in [5, 5.41) is 22.7. The number of unbranched alkanes of at least 4 members (excludes halogenated alkanes) is 13. The van der Waals surface area contributed by atoms with E-state index in [-0.39, 0.29) is 17.0 Å². The van der Waals surface area contributed by atoms with Crippen LogP contribution in [-0.2, 0) is 9.59 Å². The predicted octanol–water partition coefficient (Wildman–Crippen LogP) is 8.51. The average Bonchev–Trinajstić information content (AvgIpc) is 3.26. The summed E-state index contributed by atoms with van der Waals surface area (Å²) in [5.74, 6) is -1.21. The molecule has 1 unspecified atom stereocenters. The fourth-order valence-corrected chi connectivity index (χ4v) is 5.65. The van der Waals surface area contributed by atoms with Crippen LogP contribution in [0.25, 0.3) is 5.76 Å². The monoisotopic (exact) mass is 578 g/mol. The SMILES string of the molecule is CCCCCCCCCCCCCCCCN1C(=O)C(=O)C(=C(O)c2ccc(OC)cc2)C1c1cccc([N+](=O)[O-])c1. The van der Waals surface area contributed by atoms with Crippen molar-refractivity contribution in [3.8, 4) is 5.75 Å². The van der Waals surface area contributed by atoms with Crippen molar-refractivity contribution in [2.75, 3.05) is 13.7 Å². The number of ether oxygens (including phenoxy) is 1. The largest absolute Gasteiger partial charge is 0.507 e. The number of likely N-dealkylation sites (tertiary alicyclic amines) is 1. The van der Waals surface area contributed by atoms with Gasteiger partial charge in [0.05, 0.1) is 23.6 Å². The minimum atomic E-state index is -0.908. The number of ketones is 1. The average molecular weight is 579 g/mol. The molecular weight excluding hydrogens is 532 g/mol. The molecule has 1 fully saturated rings. The molecule has 3 rings (SSSR count). The number of aliphatic hydroxyl groups is 1. The number of amides is 1. The summed E-state index contributed by atoms with van der Waals surface area (Å²) >= 11 is 0. The fourth-order valence-electron chi connectivity index (χ4n) is 5.65. The third-order valence-electron chi connectivity index (χ3n) is 8.05. The number of hydrogen-bond acceptors (Lipinski definition) is 6. The van der Waals surface area contributed by atoms with Gasteiger partial charge in [0.25, 0.3) is 17.4 Å². The van der Waals surface area contributed by atoms with Crippen LogP contribution in [0.3, 0.4) is 0 Å². The molecule has 1 saturated heterocycles. The quantitative estimate of drug-likeness (QED) is 0.0447. The number of carbonyl (C=O) groups excluding carboxylic acids is 2. The van der Waals surface area contributed by atoms with Crippen LogP contribution in [0.5, 0.6) is 5.75 Å². The Morgan fingerprint density at radius 3 is 1.93 bits per heavy atom. The van der Waals surface area contributed by atoms with Gasteiger partial charge in [-0.1, -0.05) is 103 Å². The number of hydrogen-bond donors (Lipinski definition) is 1. The lowest BCUT2D eigenvalue weighted by atomic mass is 9.95. The van der Waals surface area contributed by atoms with Crippen LogP contribution in [-0.4, -0.2) is 40.3 Å². The summed E-state index contributed by atoms with van der Waals surface area (Å²) in [7, 11) is 1.53. The molecule has 0 aromatic heterocycles. The Morgan fingerprint density at radius 2 is 1.40 bits per heavy atom. The first-order chi connectivity index (χ1) is 20.4. The van der Waals surface area contributed by atoms with E-state index in [0.29, 0.717) is 29.8 Å². The smallest absolute Gasteiger partial charge is 0.295 e. The zero-order valence-electron chi connectivity index (χ0n) is 25.2. The molecule has 1 heterocycles. The number of non-ortho nitro benzene ring substituents is 1. The molecule has 8 heteroatoms. The van der Waals surface area contributed by atoms with E-state index in [2.05, 4.69) is 6.92 Å². The highest BCUT2D eigenvalue weighted by Crippen LogP contribution is 2.40. The van der Waals surface area contributed by atoms with Gasteiger partial charge in [-0.05, 0) is 36.2 Å². The molecule has 1 aliphatic rings. The topological polar surface area (TPSA) is 110 Å². The number of Topliss-reactive ketones (excluding diaryl/α,β-unsaturated/α-hetero) is 1. The first-order valence-electron chi connectivity index (χ1n) is 15.6. The predicted molar refractivity (Wildman–Crippen MR) is 165 cm³/mol.